The maximum absolute atomic E-state index is 12.0. The minimum Gasteiger partial charge on any atom is -0.357 e. The molecule has 0 spiro atoms. The number of guanidine groups is 1. The second-order valence-electron chi connectivity index (χ2n) is 6.85. The lowest BCUT2D eigenvalue weighted by Gasteiger charge is -2.33. The molecule has 2 saturated heterocycles. The largest absolute Gasteiger partial charge is 0.357 e. The van der Waals surface area contributed by atoms with Crippen LogP contribution in [0.2, 0.25) is 0 Å². The molecule has 2 atom stereocenters. The zero-order valence-electron chi connectivity index (χ0n) is 15.2. The average molecular weight is 486 g/mol. The first-order chi connectivity index (χ1) is 11.4. The SMILES string of the molecule is CCNC(=NCCC(=O)NC1CCS(=O)(=O)C1)N1CCCC(C)C1.I. The van der Waals surface area contributed by atoms with Crippen molar-refractivity contribution in [2.24, 2.45) is 10.9 Å². The highest BCUT2D eigenvalue weighted by Crippen LogP contribution is 2.15. The van der Waals surface area contributed by atoms with E-state index in [-0.39, 0.29) is 53.9 Å². The molecule has 0 aliphatic carbocycles. The van der Waals surface area contributed by atoms with E-state index >= 15 is 0 Å². The number of rotatable bonds is 5. The molecule has 9 heteroatoms. The highest BCUT2D eigenvalue weighted by Gasteiger charge is 2.28. The van der Waals surface area contributed by atoms with Crippen LogP contribution in [0, 0.1) is 5.92 Å². The lowest BCUT2D eigenvalue weighted by molar-refractivity contribution is -0.121. The number of aliphatic imine (C=N–C) groups is 1. The van der Waals surface area contributed by atoms with E-state index < -0.39 is 9.84 Å². The van der Waals surface area contributed by atoms with Crippen molar-refractivity contribution >= 4 is 45.7 Å². The van der Waals surface area contributed by atoms with E-state index in [0.717, 1.165) is 25.6 Å². The van der Waals surface area contributed by atoms with E-state index in [1.165, 1.54) is 12.8 Å². The number of carbonyl (C=O) groups is 1. The quantitative estimate of drug-likeness (QED) is 0.344. The Morgan fingerprint density at radius 3 is 2.68 bits per heavy atom. The minimum absolute atomic E-state index is 0. The van der Waals surface area contributed by atoms with Crippen LogP contribution in [0.15, 0.2) is 4.99 Å². The molecule has 0 aromatic heterocycles. The number of hydrogen-bond donors (Lipinski definition) is 2. The Labute approximate surface area is 168 Å². The van der Waals surface area contributed by atoms with Crippen LogP contribution in [0.25, 0.3) is 0 Å². The molecule has 0 bridgehead atoms. The van der Waals surface area contributed by atoms with Crippen molar-refractivity contribution in [1.29, 1.82) is 0 Å². The highest BCUT2D eigenvalue weighted by atomic mass is 127. The lowest BCUT2D eigenvalue weighted by atomic mass is 10.0. The Morgan fingerprint density at radius 1 is 1.32 bits per heavy atom. The van der Waals surface area contributed by atoms with Crippen molar-refractivity contribution in [3.63, 3.8) is 0 Å². The topological polar surface area (TPSA) is 90.9 Å². The maximum Gasteiger partial charge on any atom is 0.222 e. The summed E-state index contributed by atoms with van der Waals surface area (Å²) in [6.45, 7) is 7.50. The summed E-state index contributed by atoms with van der Waals surface area (Å²) in [6.07, 6.45) is 3.23. The summed E-state index contributed by atoms with van der Waals surface area (Å²) in [6, 6.07) is -0.234. The molecular formula is C16H31IN4O3S. The molecule has 2 unspecified atom stereocenters. The predicted octanol–water partition coefficient (Wildman–Crippen LogP) is 0.995. The predicted molar refractivity (Wildman–Crippen MR) is 111 cm³/mol. The third-order valence-electron chi connectivity index (χ3n) is 4.49. The Hall–Kier alpha value is -0.580. The standard InChI is InChI=1S/C16H30N4O3S.HI/c1-3-17-16(20-9-4-5-13(2)11-20)18-8-6-15(21)19-14-7-10-24(22,23)12-14;/h13-14H,3-12H2,1-2H3,(H,17,18)(H,19,21);1H. The molecular weight excluding hydrogens is 455 g/mol. The van der Waals surface area contributed by atoms with Crippen LogP contribution in [0.1, 0.15) is 39.5 Å². The van der Waals surface area contributed by atoms with Crippen molar-refractivity contribution in [2.45, 2.75) is 45.6 Å². The van der Waals surface area contributed by atoms with Gasteiger partial charge in [0, 0.05) is 32.1 Å². The number of sulfone groups is 1. The maximum atomic E-state index is 12.0. The summed E-state index contributed by atoms with van der Waals surface area (Å²) in [4.78, 5) is 18.8. The molecule has 2 aliphatic rings. The molecule has 2 fully saturated rings. The third-order valence-corrected chi connectivity index (χ3v) is 6.26. The van der Waals surface area contributed by atoms with Gasteiger partial charge in [0.25, 0.3) is 0 Å². The van der Waals surface area contributed by atoms with E-state index in [0.29, 0.717) is 18.9 Å². The van der Waals surface area contributed by atoms with Gasteiger partial charge < -0.3 is 15.5 Å². The fraction of sp³-hybridized carbons (Fsp3) is 0.875. The molecule has 25 heavy (non-hydrogen) atoms. The molecule has 2 rings (SSSR count). The third kappa shape index (κ3) is 7.67. The fourth-order valence-corrected chi connectivity index (χ4v) is 4.95. The number of nitrogens with one attached hydrogen (secondary N) is 2. The summed E-state index contributed by atoms with van der Waals surface area (Å²) in [5.74, 6) is 1.66. The van der Waals surface area contributed by atoms with Gasteiger partial charge in [-0.25, -0.2) is 8.42 Å². The normalized spacial score (nSPS) is 26.0. The molecule has 0 saturated carbocycles. The number of carbonyl (C=O) groups excluding carboxylic acids is 1. The summed E-state index contributed by atoms with van der Waals surface area (Å²) in [7, 11) is -2.96. The fourth-order valence-electron chi connectivity index (χ4n) is 3.28. The Bertz CT molecular complexity index is 568. The summed E-state index contributed by atoms with van der Waals surface area (Å²) < 4.78 is 22.8. The van der Waals surface area contributed by atoms with Crippen molar-refractivity contribution in [2.75, 3.05) is 37.7 Å². The molecule has 2 aliphatic heterocycles. The molecule has 0 aromatic carbocycles. The van der Waals surface area contributed by atoms with Gasteiger partial charge in [0.05, 0.1) is 18.1 Å². The van der Waals surface area contributed by atoms with Crippen LogP contribution in [0.4, 0.5) is 0 Å². The van der Waals surface area contributed by atoms with Gasteiger partial charge in [0.2, 0.25) is 5.91 Å². The molecule has 1 amide bonds. The zero-order valence-corrected chi connectivity index (χ0v) is 18.3. The molecule has 0 radical (unpaired) electrons. The molecule has 2 N–H and O–H groups in total. The smallest absolute Gasteiger partial charge is 0.222 e. The van der Waals surface area contributed by atoms with Crippen LogP contribution in [0.5, 0.6) is 0 Å². The second kappa shape index (κ2) is 10.5. The van der Waals surface area contributed by atoms with Gasteiger partial charge in [-0.1, -0.05) is 6.92 Å². The van der Waals surface area contributed by atoms with E-state index in [9.17, 15) is 13.2 Å². The second-order valence-corrected chi connectivity index (χ2v) is 9.08. The lowest BCUT2D eigenvalue weighted by Crippen LogP contribution is -2.46. The van der Waals surface area contributed by atoms with Gasteiger partial charge in [0.1, 0.15) is 0 Å². The van der Waals surface area contributed by atoms with Gasteiger partial charge in [-0.2, -0.15) is 0 Å². The molecule has 2 heterocycles. The van der Waals surface area contributed by atoms with Crippen molar-refractivity contribution in [3.8, 4) is 0 Å². The van der Waals surface area contributed by atoms with Gasteiger partial charge in [-0.3, -0.25) is 9.79 Å². The number of likely N-dealkylation sites (tertiary alicyclic amines) is 1. The monoisotopic (exact) mass is 486 g/mol. The highest BCUT2D eigenvalue weighted by molar-refractivity contribution is 14.0. The van der Waals surface area contributed by atoms with Gasteiger partial charge in [0.15, 0.2) is 15.8 Å². The summed E-state index contributed by atoms with van der Waals surface area (Å²) in [5, 5.41) is 6.10. The van der Waals surface area contributed by atoms with Crippen molar-refractivity contribution in [3.05, 3.63) is 0 Å². The first-order valence-electron chi connectivity index (χ1n) is 8.92. The number of amides is 1. The minimum atomic E-state index is -2.96. The Kier molecular flexibility index (Phi) is 9.47. The number of hydrogen-bond acceptors (Lipinski definition) is 4. The summed E-state index contributed by atoms with van der Waals surface area (Å²) >= 11 is 0. The summed E-state index contributed by atoms with van der Waals surface area (Å²) in [5.41, 5.74) is 0. The van der Waals surface area contributed by atoms with Gasteiger partial charge >= 0.3 is 0 Å². The van der Waals surface area contributed by atoms with E-state index in [1.807, 2.05) is 6.92 Å². The van der Waals surface area contributed by atoms with E-state index in [4.69, 9.17) is 0 Å². The van der Waals surface area contributed by atoms with Crippen LogP contribution < -0.4 is 10.6 Å². The Balaban J connectivity index is 0.00000312. The van der Waals surface area contributed by atoms with Crippen LogP contribution in [-0.4, -0.2) is 68.9 Å². The molecule has 146 valence electrons. The van der Waals surface area contributed by atoms with Crippen LogP contribution in [0.3, 0.4) is 0 Å². The number of piperidine rings is 1. The van der Waals surface area contributed by atoms with Gasteiger partial charge in [-0.05, 0) is 32.1 Å². The first kappa shape index (κ1) is 22.5. The van der Waals surface area contributed by atoms with Gasteiger partial charge in [-0.15, -0.1) is 24.0 Å². The van der Waals surface area contributed by atoms with Crippen LogP contribution in [-0.2, 0) is 14.6 Å². The van der Waals surface area contributed by atoms with Crippen molar-refractivity contribution < 1.29 is 13.2 Å². The number of nitrogens with zero attached hydrogens (tertiary/aromatic N) is 2. The van der Waals surface area contributed by atoms with Crippen molar-refractivity contribution in [1.82, 2.24) is 15.5 Å². The van der Waals surface area contributed by atoms with E-state index in [1.54, 1.807) is 0 Å². The molecule has 7 nitrogen and oxygen atoms in total. The molecule has 0 aromatic rings. The van der Waals surface area contributed by atoms with Crippen LogP contribution >= 0.6 is 24.0 Å². The Morgan fingerprint density at radius 2 is 2.08 bits per heavy atom. The first-order valence-corrected chi connectivity index (χ1v) is 10.7. The average Bonchev–Trinajstić information content (AvgIpc) is 2.85. The number of halogens is 1. The van der Waals surface area contributed by atoms with E-state index in [2.05, 4.69) is 27.4 Å². The zero-order chi connectivity index (χ0) is 17.6.